The van der Waals surface area contributed by atoms with E-state index in [2.05, 4.69) is 5.32 Å². The topological polar surface area (TPSA) is 49.3 Å². The molecule has 2 N–H and O–H groups in total. The summed E-state index contributed by atoms with van der Waals surface area (Å²) >= 11 is 5.70. The Morgan fingerprint density at radius 2 is 1.89 bits per heavy atom. The number of hydrogen-bond acceptors (Lipinski definition) is 2. The van der Waals surface area contributed by atoms with Gasteiger partial charge in [0, 0.05) is 11.6 Å². The van der Waals surface area contributed by atoms with E-state index in [0.717, 1.165) is 5.56 Å². The van der Waals surface area contributed by atoms with Gasteiger partial charge in [0.1, 0.15) is 5.75 Å². The van der Waals surface area contributed by atoms with Crippen molar-refractivity contribution in [3.63, 3.8) is 0 Å². The number of benzene rings is 2. The van der Waals surface area contributed by atoms with Crippen LogP contribution in [0.4, 0.5) is 5.69 Å². The molecule has 0 radical (unpaired) electrons. The number of nitrogens with one attached hydrogen (secondary N) is 1. The van der Waals surface area contributed by atoms with Crippen molar-refractivity contribution < 1.29 is 9.90 Å². The number of alkyl halides is 1. The van der Waals surface area contributed by atoms with E-state index in [1.165, 1.54) is 0 Å². The summed E-state index contributed by atoms with van der Waals surface area (Å²) in [5.74, 6) is 0.115. The van der Waals surface area contributed by atoms with E-state index in [9.17, 15) is 9.90 Å². The summed E-state index contributed by atoms with van der Waals surface area (Å²) in [6.07, 6.45) is 0. The second-order valence-corrected chi connectivity index (χ2v) is 4.52. The van der Waals surface area contributed by atoms with Crippen molar-refractivity contribution in [2.75, 3.05) is 5.32 Å². The predicted molar refractivity (Wildman–Crippen MR) is 76.8 cm³/mol. The lowest BCUT2D eigenvalue weighted by atomic mass is 10.1. The van der Waals surface area contributed by atoms with Crippen molar-refractivity contribution in [1.82, 2.24) is 0 Å². The van der Waals surface area contributed by atoms with Gasteiger partial charge >= 0.3 is 0 Å². The summed E-state index contributed by atoms with van der Waals surface area (Å²) < 4.78 is 0. The van der Waals surface area contributed by atoms with Gasteiger partial charge in [-0.3, -0.25) is 4.79 Å². The number of carbonyl (C=O) groups is 1. The molecule has 2 aromatic rings. The van der Waals surface area contributed by atoms with Gasteiger partial charge < -0.3 is 10.4 Å². The maximum absolute atomic E-state index is 12.0. The lowest BCUT2D eigenvalue weighted by Gasteiger charge is -2.08. The highest BCUT2D eigenvalue weighted by Crippen LogP contribution is 2.22. The molecular weight excluding hydrogens is 262 g/mol. The van der Waals surface area contributed by atoms with Gasteiger partial charge in [0.25, 0.3) is 5.91 Å². The molecule has 98 valence electrons. The van der Waals surface area contributed by atoms with Crippen molar-refractivity contribution >= 4 is 23.2 Å². The third kappa shape index (κ3) is 3.06. The number of rotatable bonds is 3. The number of phenolic OH excluding ortho intramolecular Hbond substituents is 1. The molecule has 0 aliphatic heterocycles. The molecule has 0 fully saturated rings. The first-order chi connectivity index (χ1) is 9.11. The fourth-order valence-corrected chi connectivity index (χ4v) is 1.90. The number of hydrogen-bond donors (Lipinski definition) is 2. The van der Waals surface area contributed by atoms with Gasteiger partial charge in [-0.2, -0.15) is 0 Å². The monoisotopic (exact) mass is 275 g/mol. The van der Waals surface area contributed by atoms with Crippen LogP contribution in [0.3, 0.4) is 0 Å². The number of amides is 1. The molecule has 0 heterocycles. The van der Waals surface area contributed by atoms with Crippen LogP contribution in [-0.2, 0) is 5.88 Å². The molecule has 0 saturated carbocycles. The molecule has 0 aromatic heterocycles. The van der Waals surface area contributed by atoms with E-state index in [-0.39, 0.29) is 17.2 Å². The molecule has 0 aliphatic rings. The molecule has 0 atom stereocenters. The van der Waals surface area contributed by atoms with E-state index in [4.69, 9.17) is 11.6 Å². The third-order valence-corrected chi connectivity index (χ3v) is 3.16. The van der Waals surface area contributed by atoms with Gasteiger partial charge in [-0.15, -0.1) is 11.6 Å². The highest BCUT2D eigenvalue weighted by Gasteiger charge is 2.12. The maximum Gasteiger partial charge on any atom is 0.259 e. The van der Waals surface area contributed by atoms with Crippen LogP contribution >= 0.6 is 11.6 Å². The van der Waals surface area contributed by atoms with E-state index >= 15 is 0 Å². The average molecular weight is 276 g/mol. The number of anilines is 1. The normalized spacial score (nSPS) is 10.2. The quantitative estimate of drug-likeness (QED) is 0.839. The summed E-state index contributed by atoms with van der Waals surface area (Å²) in [4.78, 5) is 12.0. The summed E-state index contributed by atoms with van der Waals surface area (Å²) in [5.41, 5.74) is 2.59. The van der Waals surface area contributed by atoms with Gasteiger partial charge in [-0.05, 0) is 36.2 Å². The zero-order valence-electron chi connectivity index (χ0n) is 10.5. The Morgan fingerprint density at radius 3 is 2.53 bits per heavy atom. The van der Waals surface area contributed by atoms with Crippen LogP contribution in [0.2, 0.25) is 0 Å². The molecule has 0 bridgehead atoms. The number of carbonyl (C=O) groups excluding carboxylic acids is 1. The van der Waals surface area contributed by atoms with Crippen LogP contribution in [0.5, 0.6) is 5.75 Å². The molecule has 4 heteroatoms. The molecule has 3 nitrogen and oxygen atoms in total. The zero-order chi connectivity index (χ0) is 13.8. The smallest absolute Gasteiger partial charge is 0.259 e. The fourth-order valence-electron chi connectivity index (χ4n) is 1.72. The molecule has 0 saturated heterocycles. The zero-order valence-corrected chi connectivity index (χ0v) is 11.2. The maximum atomic E-state index is 12.0. The highest BCUT2D eigenvalue weighted by molar-refractivity contribution is 6.17. The predicted octanol–water partition coefficient (Wildman–Crippen LogP) is 3.69. The lowest BCUT2D eigenvalue weighted by molar-refractivity contribution is 0.102. The number of halogens is 1. The van der Waals surface area contributed by atoms with Crippen LogP contribution in [0, 0.1) is 6.92 Å². The number of para-hydroxylation sites is 1. The Hall–Kier alpha value is -2.00. The second kappa shape index (κ2) is 5.76. The van der Waals surface area contributed by atoms with Crippen LogP contribution < -0.4 is 5.32 Å². The van der Waals surface area contributed by atoms with E-state index in [0.29, 0.717) is 17.1 Å². The van der Waals surface area contributed by atoms with E-state index in [1.54, 1.807) is 37.3 Å². The largest absolute Gasteiger partial charge is 0.507 e. The summed E-state index contributed by atoms with van der Waals surface area (Å²) in [5, 5.41) is 12.6. The van der Waals surface area contributed by atoms with E-state index < -0.39 is 0 Å². The van der Waals surface area contributed by atoms with Crippen LogP contribution in [0.25, 0.3) is 0 Å². The summed E-state index contributed by atoms with van der Waals surface area (Å²) in [6, 6.07) is 12.3. The van der Waals surface area contributed by atoms with Gasteiger partial charge in [0.05, 0.1) is 5.56 Å². The van der Waals surface area contributed by atoms with Gasteiger partial charge in [0.2, 0.25) is 0 Å². The number of aromatic hydroxyl groups is 1. The first-order valence-electron chi connectivity index (χ1n) is 5.86. The second-order valence-electron chi connectivity index (χ2n) is 4.26. The molecule has 2 aromatic carbocycles. The van der Waals surface area contributed by atoms with E-state index in [1.807, 2.05) is 12.1 Å². The van der Waals surface area contributed by atoms with Crippen molar-refractivity contribution in [2.45, 2.75) is 12.8 Å². The number of aryl methyl sites for hydroxylation is 1. The highest BCUT2D eigenvalue weighted by atomic mass is 35.5. The third-order valence-electron chi connectivity index (χ3n) is 2.85. The minimum absolute atomic E-state index is 0.0115. The Labute approximate surface area is 116 Å². The molecule has 2 rings (SSSR count). The Kier molecular flexibility index (Phi) is 4.07. The fraction of sp³-hybridized carbons (Fsp3) is 0.133. The van der Waals surface area contributed by atoms with Gasteiger partial charge in [-0.25, -0.2) is 0 Å². The summed E-state index contributed by atoms with van der Waals surface area (Å²) in [7, 11) is 0. The molecular formula is C15H14ClNO2. The first-order valence-corrected chi connectivity index (χ1v) is 6.40. The van der Waals surface area contributed by atoms with Crippen molar-refractivity contribution in [3.05, 3.63) is 59.2 Å². The molecule has 0 aliphatic carbocycles. The van der Waals surface area contributed by atoms with Gasteiger partial charge in [0.15, 0.2) is 0 Å². The molecule has 19 heavy (non-hydrogen) atoms. The average Bonchev–Trinajstić information content (AvgIpc) is 2.42. The Morgan fingerprint density at radius 1 is 1.21 bits per heavy atom. The standard InChI is InChI=1S/C15H14ClNO2/c1-10-3-2-4-13(14(10)18)15(19)17-12-7-5-11(9-16)6-8-12/h2-8,18H,9H2,1H3,(H,17,19). The molecule has 1 amide bonds. The van der Waals surface area contributed by atoms with Crippen molar-refractivity contribution in [1.29, 1.82) is 0 Å². The summed E-state index contributed by atoms with van der Waals surface area (Å²) in [6.45, 7) is 1.75. The van der Waals surface area contributed by atoms with Crippen LogP contribution in [0.15, 0.2) is 42.5 Å². The van der Waals surface area contributed by atoms with Crippen molar-refractivity contribution in [3.8, 4) is 5.75 Å². The van der Waals surface area contributed by atoms with Crippen molar-refractivity contribution in [2.24, 2.45) is 0 Å². The minimum atomic E-state index is -0.333. The van der Waals surface area contributed by atoms with Gasteiger partial charge in [-0.1, -0.05) is 24.3 Å². The Bertz CT molecular complexity index is 594. The van der Waals surface area contributed by atoms with Crippen LogP contribution in [0.1, 0.15) is 21.5 Å². The number of phenols is 1. The molecule has 0 unspecified atom stereocenters. The molecule has 0 spiro atoms. The van der Waals surface area contributed by atoms with Crippen LogP contribution in [-0.4, -0.2) is 11.0 Å². The lowest BCUT2D eigenvalue weighted by Crippen LogP contribution is -2.12. The first kappa shape index (κ1) is 13.4. The minimum Gasteiger partial charge on any atom is -0.507 e. The Balaban J connectivity index is 2.18. The SMILES string of the molecule is Cc1cccc(C(=O)Nc2ccc(CCl)cc2)c1O.